The van der Waals surface area contributed by atoms with Crippen LogP contribution in [-0.2, 0) is 9.53 Å². The summed E-state index contributed by atoms with van der Waals surface area (Å²) < 4.78 is 5.99. The molecule has 1 N–H and O–H groups in total. The fraction of sp³-hybridized carbons (Fsp3) is 0.385. The number of nitrogens with one attached hydrogen (secondary N) is 1. The van der Waals surface area contributed by atoms with Gasteiger partial charge in [-0.05, 0) is 38.5 Å². The summed E-state index contributed by atoms with van der Waals surface area (Å²) in [7, 11) is 0. The van der Waals surface area contributed by atoms with Crippen LogP contribution in [0.1, 0.15) is 31.2 Å². The number of imidazole rings is 1. The van der Waals surface area contributed by atoms with E-state index in [4.69, 9.17) is 4.74 Å². The minimum atomic E-state index is -0.379. The van der Waals surface area contributed by atoms with Crippen LogP contribution >= 0.6 is 15.9 Å². The van der Waals surface area contributed by atoms with E-state index in [1.54, 1.807) is 13.8 Å². The Morgan fingerprint density at radius 2 is 2.28 bits per heavy atom. The summed E-state index contributed by atoms with van der Waals surface area (Å²) in [6.45, 7) is 5.96. The van der Waals surface area contributed by atoms with Crippen LogP contribution in [0, 0.1) is 6.92 Å². The third-order valence-electron chi connectivity index (χ3n) is 2.81. The van der Waals surface area contributed by atoms with Crippen LogP contribution in [0.5, 0.6) is 0 Å². The summed E-state index contributed by atoms with van der Waals surface area (Å²) >= 11 is 3.44. The van der Waals surface area contributed by atoms with Gasteiger partial charge in [0, 0.05) is 4.47 Å². The lowest BCUT2D eigenvalue weighted by molar-refractivity contribution is -0.144. The van der Waals surface area contributed by atoms with Gasteiger partial charge in [0.1, 0.15) is 11.7 Å². The highest BCUT2D eigenvalue weighted by Crippen LogP contribution is 2.24. The van der Waals surface area contributed by atoms with Crippen molar-refractivity contribution in [2.75, 3.05) is 6.61 Å². The van der Waals surface area contributed by atoms with E-state index in [9.17, 15) is 4.79 Å². The van der Waals surface area contributed by atoms with Crippen LogP contribution in [-0.4, -0.2) is 22.5 Å². The molecule has 0 aliphatic heterocycles. The molecule has 0 bridgehead atoms. The van der Waals surface area contributed by atoms with Crippen LogP contribution in [0.15, 0.2) is 16.6 Å². The van der Waals surface area contributed by atoms with Crippen molar-refractivity contribution in [3.63, 3.8) is 0 Å². The van der Waals surface area contributed by atoms with E-state index in [2.05, 4.69) is 25.9 Å². The Morgan fingerprint density at radius 3 is 2.94 bits per heavy atom. The molecule has 4 nitrogen and oxygen atoms in total. The largest absolute Gasteiger partial charge is 0.465 e. The molecule has 0 radical (unpaired) electrons. The van der Waals surface area contributed by atoms with Gasteiger partial charge >= 0.3 is 5.97 Å². The molecular weight excluding hydrogens is 296 g/mol. The topological polar surface area (TPSA) is 55.0 Å². The second kappa shape index (κ2) is 5.10. The van der Waals surface area contributed by atoms with Crippen LogP contribution in [0.2, 0.25) is 0 Å². The number of carbonyl (C=O) groups excluding carboxylic acids is 1. The molecule has 96 valence electrons. The monoisotopic (exact) mass is 310 g/mol. The number of aromatic amines is 1. The Bertz CT molecular complexity index is 592. The molecule has 1 atom stereocenters. The van der Waals surface area contributed by atoms with E-state index in [-0.39, 0.29) is 11.9 Å². The van der Waals surface area contributed by atoms with Crippen molar-refractivity contribution in [1.29, 1.82) is 0 Å². The quantitative estimate of drug-likeness (QED) is 0.885. The summed E-state index contributed by atoms with van der Waals surface area (Å²) in [5, 5.41) is 0. The first-order chi connectivity index (χ1) is 8.52. The predicted molar refractivity (Wildman–Crippen MR) is 73.6 cm³/mol. The smallest absolute Gasteiger partial charge is 0.316 e. The number of hydrogen-bond donors (Lipinski definition) is 1. The van der Waals surface area contributed by atoms with E-state index in [1.165, 1.54) is 0 Å². The number of ether oxygens (including phenoxy) is 1. The SMILES string of the molecule is CCOC(=O)C(C)c1nc2c(C)cc(Br)cc2[nH]1. The molecule has 1 aromatic carbocycles. The maximum atomic E-state index is 11.7. The number of aryl methyl sites for hydroxylation is 1. The number of fused-ring (bicyclic) bond motifs is 1. The molecule has 18 heavy (non-hydrogen) atoms. The third-order valence-corrected chi connectivity index (χ3v) is 3.27. The Kier molecular flexibility index (Phi) is 3.71. The fourth-order valence-electron chi connectivity index (χ4n) is 1.85. The minimum absolute atomic E-state index is 0.256. The molecule has 2 rings (SSSR count). The molecule has 0 amide bonds. The second-order valence-electron chi connectivity index (χ2n) is 4.21. The van der Waals surface area contributed by atoms with Crippen molar-refractivity contribution in [3.8, 4) is 0 Å². The molecule has 0 saturated carbocycles. The van der Waals surface area contributed by atoms with Crippen LogP contribution < -0.4 is 0 Å². The lowest BCUT2D eigenvalue weighted by Crippen LogP contribution is -2.14. The van der Waals surface area contributed by atoms with Gasteiger partial charge in [0.25, 0.3) is 0 Å². The third kappa shape index (κ3) is 2.41. The van der Waals surface area contributed by atoms with Crippen LogP contribution in [0.4, 0.5) is 0 Å². The molecule has 1 heterocycles. The fourth-order valence-corrected chi connectivity index (χ4v) is 2.42. The second-order valence-corrected chi connectivity index (χ2v) is 5.13. The first-order valence-corrected chi connectivity index (χ1v) is 6.64. The van der Waals surface area contributed by atoms with Crippen molar-refractivity contribution >= 4 is 32.9 Å². The van der Waals surface area contributed by atoms with Crippen LogP contribution in [0.25, 0.3) is 11.0 Å². The van der Waals surface area contributed by atoms with Crippen molar-refractivity contribution in [2.45, 2.75) is 26.7 Å². The highest BCUT2D eigenvalue weighted by atomic mass is 79.9. The number of benzene rings is 1. The number of rotatable bonds is 3. The number of H-pyrrole nitrogens is 1. The Hall–Kier alpha value is -1.36. The molecule has 0 aliphatic carbocycles. The van der Waals surface area contributed by atoms with Gasteiger partial charge in [-0.2, -0.15) is 0 Å². The average Bonchev–Trinajstić information content (AvgIpc) is 2.72. The van der Waals surface area contributed by atoms with Crippen molar-refractivity contribution in [2.24, 2.45) is 0 Å². The Morgan fingerprint density at radius 1 is 1.56 bits per heavy atom. The average molecular weight is 311 g/mol. The van der Waals surface area contributed by atoms with Gasteiger partial charge in [-0.3, -0.25) is 4.79 Å². The number of nitrogens with zero attached hydrogens (tertiary/aromatic N) is 1. The molecule has 0 fully saturated rings. The lowest BCUT2D eigenvalue weighted by Gasteiger charge is -2.06. The molecule has 1 aromatic heterocycles. The van der Waals surface area contributed by atoms with E-state index in [0.717, 1.165) is 21.1 Å². The molecule has 2 aromatic rings. The van der Waals surface area contributed by atoms with Gasteiger partial charge < -0.3 is 9.72 Å². The van der Waals surface area contributed by atoms with Gasteiger partial charge in [-0.15, -0.1) is 0 Å². The number of esters is 1. The van der Waals surface area contributed by atoms with Crippen molar-refractivity contribution in [1.82, 2.24) is 9.97 Å². The normalized spacial score (nSPS) is 12.7. The molecule has 0 saturated heterocycles. The zero-order valence-electron chi connectivity index (χ0n) is 10.6. The maximum Gasteiger partial charge on any atom is 0.316 e. The van der Waals surface area contributed by atoms with Crippen molar-refractivity contribution in [3.05, 3.63) is 28.0 Å². The maximum absolute atomic E-state index is 11.7. The summed E-state index contributed by atoms with van der Waals surface area (Å²) in [4.78, 5) is 19.3. The molecule has 1 unspecified atom stereocenters. The highest BCUT2D eigenvalue weighted by Gasteiger charge is 2.20. The Balaban J connectivity index is 2.41. The van der Waals surface area contributed by atoms with Crippen molar-refractivity contribution < 1.29 is 9.53 Å². The summed E-state index contributed by atoms with van der Waals surface area (Å²) in [5.74, 6) is 0.00782. The number of carbonyl (C=O) groups is 1. The summed E-state index contributed by atoms with van der Waals surface area (Å²) in [5.41, 5.74) is 2.88. The van der Waals surface area contributed by atoms with Crippen LogP contribution in [0.3, 0.4) is 0 Å². The molecular formula is C13H15BrN2O2. The van der Waals surface area contributed by atoms with Gasteiger partial charge in [-0.25, -0.2) is 4.98 Å². The Labute approximate surface area is 114 Å². The van der Waals surface area contributed by atoms with E-state index < -0.39 is 0 Å². The first kappa shape index (κ1) is 13.1. The molecule has 0 aliphatic rings. The van der Waals surface area contributed by atoms with Gasteiger partial charge in [0.05, 0.1) is 17.6 Å². The predicted octanol–water partition coefficient (Wildman–Crippen LogP) is 3.30. The van der Waals surface area contributed by atoms with Gasteiger partial charge in [-0.1, -0.05) is 15.9 Å². The van der Waals surface area contributed by atoms with E-state index >= 15 is 0 Å². The number of aromatic nitrogens is 2. The lowest BCUT2D eigenvalue weighted by atomic mass is 10.2. The zero-order valence-corrected chi connectivity index (χ0v) is 12.2. The van der Waals surface area contributed by atoms with E-state index in [1.807, 2.05) is 19.1 Å². The van der Waals surface area contributed by atoms with Gasteiger partial charge in [0.2, 0.25) is 0 Å². The molecule has 5 heteroatoms. The summed E-state index contributed by atoms with van der Waals surface area (Å²) in [6, 6.07) is 3.96. The standard InChI is InChI=1S/C13H15BrN2O2/c1-4-18-13(17)8(3)12-15-10-6-9(14)5-7(2)11(10)16-12/h5-6,8H,4H2,1-3H3,(H,15,16). The minimum Gasteiger partial charge on any atom is -0.465 e. The summed E-state index contributed by atoms with van der Waals surface area (Å²) in [6.07, 6.45) is 0. The first-order valence-electron chi connectivity index (χ1n) is 5.85. The number of hydrogen-bond acceptors (Lipinski definition) is 3. The van der Waals surface area contributed by atoms with Gasteiger partial charge in [0.15, 0.2) is 0 Å². The zero-order chi connectivity index (χ0) is 13.3. The molecule has 0 spiro atoms. The van der Waals surface area contributed by atoms with E-state index in [0.29, 0.717) is 12.4 Å². The highest BCUT2D eigenvalue weighted by molar-refractivity contribution is 9.10. The number of halogens is 1.